The van der Waals surface area contributed by atoms with E-state index < -0.39 is 5.97 Å². The Morgan fingerprint density at radius 1 is 1.14 bits per heavy atom. The van der Waals surface area contributed by atoms with E-state index in [4.69, 9.17) is 15.0 Å². The van der Waals surface area contributed by atoms with Gasteiger partial charge in [-0.05, 0) is 29.7 Å². The Morgan fingerprint density at radius 3 is 2.59 bits per heavy atom. The van der Waals surface area contributed by atoms with Crippen molar-refractivity contribution in [3.63, 3.8) is 0 Å². The van der Waals surface area contributed by atoms with E-state index in [0.29, 0.717) is 18.6 Å². The van der Waals surface area contributed by atoms with Gasteiger partial charge >= 0.3 is 12.2 Å². The minimum atomic E-state index is -0.767. The van der Waals surface area contributed by atoms with Crippen molar-refractivity contribution in [1.29, 1.82) is 0 Å². The van der Waals surface area contributed by atoms with Crippen molar-refractivity contribution < 1.29 is 19.1 Å². The number of rotatable bonds is 6. The summed E-state index contributed by atoms with van der Waals surface area (Å²) in [5, 5.41) is 0. The third-order valence-corrected chi connectivity index (χ3v) is 3.03. The number of esters is 1. The van der Waals surface area contributed by atoms with Gasteiger partial charge in [0.15, 0.2) is 11.5 Å². The quantitative estimate of drug-likeness (QED) is 0.270. The zero-order chi connectivity index (χ0) is 15.8. The molecule has 0 spiro atoms. The van der Waals surface area contributed by atoms with E-state index in [0.717, 1.165) is 17.5 Å². The van der Waals surface area contributed by atoms with Crippen LogP contribution in [0.1, 0.15) is 18.1 Å². The molecule has 0 aliphatic rings. The van der Waals surface area contributed by atoms with Crippen molar-refractivity contribution >= 4 is 12.2 Å². The molecular weight excluding hydrogens is 280 g/mol. The molecule has 0 unspecified atom stereocenters. The zero-order valence-corrected chi connectivity index (χ0v) is 12.2. The van der Waals surface area contributed by atoms with E-state index in [1.165, 1.54) is 0 Å². The molecule has 0 bridgehead atoms. The van der Waals surface area contributed by atoms with Crippen molar-refractivity contribution in [3.05, 3.63) is 65.2 Å². The highest BCUT2D eigenvalue weighted by atomic mass is 16.6. The first-order valence-corrected chi connectivity index (χ1v) is 6.91. The normalized spacial score (nSPS) is 9.68. The van der Waals surface area contributed by atoms with E-state index in [9.17, 15) is 4.79 Å². The first-order valence-electron chi connectivity index (χ1n) is 6.91. The van der Waals surface area contributed by atoms with Crippen molar-refractivity contribution in [2.45, 2.75) is 20.0 Å². The third-order valence-electron chi connectivity index (χ3n) is 3.03. The maximum atomic E-state index is 11.4. The molecule has 0 radical (unpaired) electrons. The maximum absolute atomic E-state index is 11.4. The van der Waals surface area contributed by atoms with Gasteiger partial charge in [0.1, 0.15) is 6.61 Å². The molecule has 22 heavy (non-hydrogen) atoms. The zero-order valence-electron chi connectivity index (χ0n) is 12.2. The summed E-state index contributed by atoms with van der Waals surface area (Å²) in [5.74, 6) is -0.00256. The van der Waals surface area contributed by atoms with Gasteiger partial charge in [0.25, 0.3) is 0 Å². The summed E-state index contributed by atoms with van der Waals surface area (Å²) in [6.07, 6.45) is 1.53. The number of hydrogen-bond acceptors (Lipinski definition) is 3. The molecule has 2 rings (SSSR count). The van der Waals surface area contributed by atoms with Crippen LogP contribution < -0.4 is 9.47 Å². The second-order valence-electron chi connectivity index (χ2n) is 4.57. The molecule has 0 N–H and O–H groups in total. The molecule has 2 aromatic rings. The number of carbonyl (C=O) groups excluding carboxylic acids is 1. The van der Waals surface area contributed by atoms with Gasteiger partial charge in [0, 0.05) is 0 Å². The Labute approximate surface area is 128 Å². The van der Waals surface area contributed by atoms with Gasteiger partial charge in [-0.2, -0.15) is 4.79 Å². The molecular formula is C17H16N2O3. The highest BCUT2D eigenvalue weighted by molar-refractivity contribution is 6.21. The Bertz CT molecular complexity index is 692. The molecule has 0 aliphatic carbocycles. The van der Waals surface area contributed by atoms with E-state index in [-0.39, 0.29) is 5.75 Å². The number of ether oxygens (including phenoxy) is 2. The predicted molar refractivity (Wildman–Crippen MR) is 81.9 cm³/mol. The number of hydrogen-bond donors (Lipinski definition) is 0. The fourth-order valence-corrected chi connectivity index (χ4v) is 1.89. The van der Waals surface area contributed by atoms with E-state index in [1.807, 2.05) is 49.4 Å². The van der Waals surface area contributed by atoms with Crippen molar-refractivity contribution in [1.82, 2.24) is 0 Å². The predicted octanol–water partition coefficient (Wildman–Crippen LogP) is 3.03. The lowest BCUT2D eigenvalue weighted by Gasteiger charge is -2.12. The van der Waals surface area contributed by atoms with Gasteiger partial charge in [-0.15, -0.1) is 0 Å². The van der Waals surface area contributed by atoms with Crippen LogP contribution in [-0.2, 0) is 17.8 Å². The van der Waals surface area contributed by atoms with E-state index in [1.54, 1.807) is 6.07 Å². The van der Waals surface area contributed by atoms with Gasteiger partial charge in [-0.3, -0.25) is 0 Å². The van der Waals surface area contributed by atoms with Crippen molar-refractivity contribution in [2.75, 3.05) is 0 Å². The fourth-order valence-electron chi connectivity index (χ4n) is 1.89. The lowest BCUT2D eigenvalue weighted by Crippen LogP contribution is -2.10. The summed E-state index contributed by atoms with van der Waals surface area (Å²) in [6.45, 7) is 2.40. The fraction of sp³-hybridized carbons (Fsp3) is 0.176. The van der Waals surface area contributed by atoms with Crippen molar-refractivity contribution in [3.8, 4) is 11.5 Å². The molecule has 5 nitrogen and oxygen atoms in total. The standard InChI is InChI=1S/C17H16N2O3/c1-2-13-8-9-15(22-17(20)11-19-18)16(10-13)21-12-14-6-4-3-5-7-14/h3-11H,2,12H2,1H3. The van der Waals surface area contributed by atoms with Crippen molar-refractivity contribution in [2.24, 2.45) is 0 Å². The summed E-state index contributed by atoms with van der Waals surface area (Å²) in [5.41, 5.74) is 10.4. The Balaban J connectivity index is 2.18. The van der Waals surface area contributed by atoms with Crippen LogP contribution in [0.25, 0.3) is 5.53 Å². The lowest BCUT2D eigenvalue weighted by atomic mass is 10.1. The van der Waals surface area contributed by atoms with Crippen LogP contribution in [0.15, 0.2) is 48.5 Å². The minimum Gasteiger partial charge on any atom is -0.485 e. The Morgan fingerprint density at radius 2 is 1.91 bits per heavy atom. The summed E-state index contributed by atoms with van der Waals surface area (Å²) in [4.78, 5) is 14.1. The molecule has 2 aromatic carbocycles. The molecule has 0 heterocycles. The molecule has 5 heteroatoms. The van der Waals surface area contributed by atoms with Crippen LogP contribution in [0.3, 0.4) is 0 Å². The smallest absolute Gasteiger partial charge is 0.419 e. The summed E-state index contributed by atoms with van der Waals surface area (Å²) < 4.78 is 10.9. The summed E-state index contributed by atoms with van der Waals surface area (Å²) in [6, 6.07) is 15.1. The third kappa shape index (κ3) is 4.30. The molecule has 0 aliphatic heterocycles. The number of nitrogens with zero attached hydrogens (tertiary/aromatic N) is 2. The molecule has 0 aromatic heterocycles. The molecule has 112 valence electrons. The highest BCUT2D eigenvalue weighted by Crippen LogP contribution is 2.29. The van der Waals surface area contributed by atoms with Gasteiger partial charge in [0.2, 0.25) is 0 Å². The van der Waals surface area contributed by atoms with Crippen LogP contribution in [0.4, 0.5) is 0 Å². The summed E-state index contributed by atoms with van der Waals surface area (Å²) in [7, 11) is 0. The SMILES string of the molecule is CCc1ccc(OC(=O)C=[N+]=[N-])c(OCc2ccccc2)c1. The second-order valence-corrected chi connectivity index (χ2v) is 4.57. The Hall–Kier alpha value is -2.91. The van der Waals surface area contributed by atoms with Gasteiger partial charge in [-0.1, -0.05) is 43.3 Å². The summed E-state index contributed by atoms with van der Waals surface area (Å²) >= 11 is 0. The van der Waals surface area contributed by atoms with Crippen LogP contribution >= 0.6 is 0 Å². The highest BCUT2D eigenvalue weighted by Gasteiger charge is 2.12. The van der Waals surface area contributed by atoms with Crippen LogP contribution in [0.5, 0.6) is 11.5 Å². The monoisotopic (exact) mass is 296 g/mol. The molecule has 0 amide bonds. The molecule has 0 saturated carbocycles. The van der Waals surface area contributed by atoms with E-state index in [2.05, 4.69) is 4.79 Å². The van der Waals surface area contributed by atoms with Crippen LogP contribution in [-0.4, -0.2) is 17.0 Å². The average molecular weight is 296 g/mol. The number of carbonyl (C=O) groups is 1. The first kappa shape index (κ1) is 15.5. The van der Waals surface area contributed by atoms with Gasteiger partial charge in [-0.25, -0.2) is 4.79 Å². The van der Waals surface area contributed by atoms with Gasteiger partial charge in [0.05, 0.1) is 0 Å². The molecule has 0 atom stereocenters. The maximum Gasteiger partial charge on any atom is 0.419 e. The first-order chi connectivity index (χ1) is 10.7. The average Bonchev–Trinajstić information content (AvgIpc) is 2.55. The largest absolute Gasteiger partial charge is 0.485 e. The van der Waals surface area contributed by atoms with Crippen LogP contribution in [0.2, 0.25) is 0 Å². The topological polar surface area (TPSA) is 71.9 Å². The number of benzene rings is 2. The molecule has 0 fully saturated rings. The van der Waals surface area contributed by atoms with Crippen LogP contribution in [0, 0.1) is 0 Å². The Kier molecular flexibility index (Phi) is 5.46. The van der Waals surface area contributed by atoms with Gasteiger partial charge < -0.3 is 15.0 Å². The second kappa shape index (κ2) is 7.76. The van der Waals surface area contributed by atoms with E-state index >= 15 is 0 Å². The molecule has 0 saturated heterocycles. The minimum absolute atomic E-state index is 0.290. The lowest BCUT2D eigenvalue weighted by molar-refractivity contribution is -0.130. The number of aryl methyl sites for hydroxylation is 1.